The van der Waals surface area contributed by atoms with Crippen LogP contribution in [0.25, 0.3) is 10.2 Å². The lowest BCUT2D eigenvalue weighted by Gasteiger charge is -2.29. The van der Waals surface area contributed by atoms with Gasteiger partial charge in [0.05, 0.1) is 32.6 Å². The maximum atomic E-state index is 13.2. The number of anilines is 1. The highest BCUT2D eigenvalue weighted by Gasteiger charge is 2.24. The van der Waals surface area contributed by atoms with E-state index < -0.39 is 0 Å². The van der Waals surface area contributed by atoms with Crippen molar-refractivity contribution in [2.24, 2.45) is 0 Å². The minimum atomic E-state index is -0.0469. The Morgan fingerprint density at radius 2 is 2.11 bits per heavy atom. The van der Waals surface area contributed by atoms with Crippen molar-refractivity contribution in [3.8, 4) is 0 Å². The first-order valence-corrected chi connectivity index (χ1v) is 12.2. The zero-order valence-corrected chi connectivity index (χ0v) is 18.6. The average Bonchev–Trinajstić information content (AvgIpc) is 3.34. The number of hydrogen-bond acceptors (Lipinski definition) is 7. The van der Waals surface area contributed by atoms with Crippen molar-refractivity contribution in [3.05, 3.63) is 39.5 Å². The lowest BCUT2D eigenvalue weighted by Crippen LogP contribution is -2.43. The molecule has 9 heteroatoms. The maximum absolute atomic E-state index is 13.2. The van der Waals surface area contributed by atoms with E-state index in [1.54, 1.807) is 40.1 Å². The highest BCUT2D eigenvalue weighted by molar-refractivity contribution is 7.98. The number of carbonyl (C=O) groups is 1. The fraction of sp³-hybridized carbons (Fsp3) is 0.368. The van der Waals surface area contributed by atoms with Gasteiger partial charge in [-0.15, -0.1) is 23.1 Å². The van der Waals surface area contributed by atoms with Crippen molar-refractivity contribution >= 4 is 67.3 Å². The number of amides is 1. The summed E-state index contributed by atoms with van der Waals surface area (Å²) in [4.78, 5) is 23.9. The lowest BCUT2D eigenvalue weighted by atomic mass is 10.3. The van der Waals surface area contributed by atoms with Gasteiger partial charge >= 0.3 is 0 Å². The number of fused-ring (bicyclic) bond motifs is 1. The van der Waals surface area contributed by atoms with E-state index >= 15 is 0 Å². The molecular weight excluding hydrogens is 434 g/mol. The van der Waals surface area contributed by atoms with Crippen molar-refractivity contribution in [1.82, 2.24) is 9.88 Å². The van der Waals surface area contributed by atoms with Gasteiger partial charge in [-0.05, 0) is 36.6 Å². The molecule has 0 atom stereocenters. The highest BCUT2D eigenvalue weighted by atomic mass is 35.5. The van der Waals surface area contributed by atoms with Crippen molar-refractivity contribution in [3.63, 3.8) is 0 Å². The van der Waals surface area contributed by atoms with Crippen LogP contribution >= 0.6 is 46.0 Å². The molecule has 0 radical (unpaired) electrons. The molecule has 1 aliphatic heterocycles. The van der Waals surface area contributed by atoms with E-state index in [0.717, 1.165) is 48.2 Å². The van der Waals surface area contributed by atoms with Crippen LogP contribution in [0.2, 0.25) is 4.34 Å². The number of rotatable bonds is 6. The summed E-state index contributed by atoms with van der Waals surface area (Å²) in [5.74, 6) is -0.0469. The molecule has 28 heavy (non-hydrogen) atoms. The summed E-state index contributed by atoms with van der Waals surface area (Å²) in [6, 6.07) is 9.77. The van der Waals surface area contributed by atoms with E-state index in [-0.39, 0.29) is 5.91 Å². The first-order valence-electron chi connectivity index (χ1n) is 8.96. The van der Waals surface area contributed by atoms with Crippen LogP contribution in [0.5, 0.6) is 0 Å². The first kappa shape index (κ1) is 20.1. The van der Waals surface area contributed by atoms with Crippen LogP contribution in [-0.2, 0) is 4.74 Å². The van der Waals surface area contributed by atoms with Crippen LogP contribution in [0.1, 0.15) is 9.67 Å². The normalized spacial score (nSPS) is 15.2. The Labute approximate surface area is 181 Å². The van der Waals surface area contributed by atoms with Gasteiger partial charge in [0.15, 0.2) is 5.13 Å². The van der Waals surface area contributed by atoms with Crippen LogP contribution in [0.4, 0.5) is 5.13 Å². The minimum absolute atomic E-state index is 0.0469. The second-order valence-electron chi connectivity index (χ2n) is 6.34. The van der Waals surface area contributed by atoms with Crippen molar-refractivity contribution < 1.29 is 9.53 Å². The number of nitrogens with zero attached hydrogens (tertiary/aromatic N) is 3. The third-order valence-corrected chi connectivity index (χ3v) is 7.57. The molecule has 1 aliphatic rings. The summed E-state index contributed by atoms with van der Waals surface area (Å²) in [6.07, 6.45) is 2.06. The second-order valence-corrected chi connectivity index (χ2v) is 9.95. The predicted molar refractivity (Wildman–Crippen MR) is 120 cm³/mol. The number of morpholine rings is 1. The molecule has 1 saturated heterocycles. The molecule has 0 saturated carbocycles. The van der Waals surface area contributed by atoms with Crippen LogP contribution in [-0.4, -0.2) is 61.4 Å². The standard InChI is InChI=1S/C19H20ClN3O2S3/c1-26-13-2-3-14-16(12-13)28-19(21-14)23(7-6-22-8-10-25-11-9-22)18(24)15-4-5-17(20)27-15/h2-5,12H,6-11H2,1H3. The summed E-state index contributed by atoms with van der Waals surface area (Å²) < 4.78 is 7.13. The van der Waals surface area contributed by atoms with Gasteiger partial charge in [-0.2, -0.15) is 0 Å². The molecule has 0 bridgehead atoms. The summed E-state index contributed by atoms with van der Waals surface area (Å²) in [7, 11) is 0. The zero-order valence-electron chi connectivity index (χ0n) is 15.4. The molecular formula is C19H20ClN3O2S3. The van der Waals surface area contributed by atoms with E-state index in [1.165, 1.54) is 16.2 Å². The number of hydrogen-bond donors (Lipinski definition) is 0. The largest absolute Gasteiger partial charge is 0.379 e. The monoisotopic (exact) mass is 453 g/mol. The molecule has 3 heterocycles. The van der Waals surface area contributed by atoms with Gasteiger partial charge in [0.1, 0.15) is 0 Å². The number of thiazole rings is 1. The quantitative estimate of drug-likeness (QED) is 0.505. The molecule has 4 rings (SSSR count). The highest BCUT2D eigenvalue weighted by Crippen LogP contribution is 2.33. The molecule has 0 spiro atoms. The van der Waals surface area contributed by atoms with E-state index in [9.17, 15) is 4.79 Å². The van der Waals surface area contributed by atoms with E-state index in [4.69, 9.17) is 21.3 Å². The maximum Gasteiger partial charge on any atom is 0.270 e. The van der Waals surface area contributed by atoms with Crippen LogP contribution < -0.4 is 4.90 Å². The zero-order chi connectivity index (χ0) is 19.5. The number of aromatic nitrogens is 1. The molecule has 1 aromatic carbocycles. The third kappa shape index (κ3) is 4.53. The Balaban J connectivity index is 1.62. The lowest BCUT2D eigenvalue weighted by molar-refractivity contribution is 0.0391. The molecule has 0 unspecified atom stereocenters. The number of thiophene rings is 1. The first-order chi connectivity index (χ1) is 13.6. The fourth-order valence-corrected chi connectivity index (χ4v) is 5.58. The number of benzene rings is 1. The van der Waals surface area contributed by atoms with Gasteiger partial charge in [0.25, 0.3) is 5.91 Å². The molecule has 5 nitrogen and oxygen atoms in total. The number of ether oxygens (including phenoxy) is 1. The smallest absolute Gasteiger partial charge is 0.270 e. The SMILES string of the molecule is CSc1ccc2nc(N(CCN3CCOCC3)C(=O)c3ccc(Cl)s3)sc2c1. The summed E-state index contributed by atoms with van der Waals surface area (Å²) in [6.45, 7) is 4.65. The molecule has 0 N–H and O–H groups in total. The van der Waals surface area contributed by atoms with Crippen LogP contribution in [0.15, 0.2) is 35.2 Å². The van der Waals surface area contributed by atoms with Crippen molar-refractivity contribution in [1.29, 1.82) is 0 Å². The summed E-state index contributed by atoms with van der Waals surface area (Å²) in [5, 5.41) is 0.732. The number of carbonyl (C=O) groups excluding carboxylic acids is 1. The van der Waals surface area contributed by atoms with Gasteiger partial charge in [-0.1, -0.05) is 22.9 Å². The second kappa shape index (κ2) is 9.11. The van der Waals surface area contributed by atoms with Crippen LogP contribution in [0.3, 0.4) is 0 Å². The van der Waals surface area contributed by atoms with E-state index in [1.807, 2.05) is 6.07 Å². The molecule has 3 aromatic rings. The summed E-state index contributed by atoms with van der Waals surface area (Å²) in [5.41, 5.74) is 0.922. The average molecular weight is 454 g/mol. The Morgan fingerprint density at radius 1 is 1.29 bits per heavy atom. The molecule has 0 aliphatic carbocycles. The third-order valence-electron chi connectivity index (χ3n) is 4.59. The van der Waals surface area contributed by atoms with Crippen LogP contribution in [0, 0.1) is 0 Å². The Kier molecular flexibility index (Phi) is 6.55. The Morgan fingerprint density at radius 3 is 2.82 bits per heavy atom. The van der Waals surface area contributed by atoms with Crippen molar-refractivity contribution in [2.75, 3.05) is 50.5 Å². The Hall–Kier alpha value is -1.16. The van der Waals surface area contributed by atoms with Gasteiger partial charge in [0, 0.05) is 31.1 Å². The van der Waals surface area contributed by atoms with Gasteiger partial charge in [0.2, 0.25) is 0 Å². The minimum Gasteiger partial charge on any atom is -0.379 e. The molecule has 148 valence electrons. The summed E-state index contributed by atoms with van der Waals surface area (Å²) >= 11 is 10.6. The van der Waals surface area contributed by atoms with Gasteiger partial charge in [-0.25, -0.2) is 4.98 Å². The van der Waals surface area contributed by atoms with Gasteiger partial charge in [-0.3, -0.25) is 14.6 Å². The van der Waals surface area contributed by atoms with E-state index in [0.29, 0.717) is 15.8 Å². The predicted octanol–water partition coefficient (Wildman–Crippen LogP) is 4.71. The topological polar surface area (TPSA) is 45.7 Å². The molecule has 1 fully saturated rings. The van der Waals surface area contributed by atoms with Crippen molar-refractivity contribution in [2.45, 2.75) is 4.90 Å². The van der Waals surface area contributed by atoms with E-state index in [2.05, 4.69) is 23.3 Å². The Bertz CT molecular complexity index is 968. The number of thioether (sulfide) groups is 1. The van der Waals surface area contributed by atoms with Gasteiger partial charge < -0.3 is 4.74 Å². The molecule has 1 amide bonds. The molecule has 2 aromatic heterocycles. The fourth-order valence-electron chi connectivity index (χ4n) is 3.05. The number of halogens is 1.